The molecule has 0 bridgehead atoms. The van der Waals surface area contributed by atoms with Crippen molar-refractivity contribution < 1.29 is 4.39 Å². The lowest BCUT2D eigenvalue weighted by atomic mass is 9.95. The highest BCUT2D eigenvalue weighted by Crippen LogP contribution is 2.31. The van der Waals surface area contributed by atoms with Crippen LogP contribution in [0.25, 0.3) is 0 Å². The summed E-state index contributed by atoms with van der Waals surface area (Å²) in [5, 5.41) is 0. The molecule has 1 aliphatic heterocycles. The number of halogens is 1. The average molecular weight is 361 g/mol. The van der Waals surface area contributed by atoms with Crippen molar-refractivity contribution in [2.45, 2.75) is 38.3 Å². The van der Waals surface area contributed by atoms with Crippen LogP contribution >= 0.6 is 0 Å². The van der Waals surface area contributed by atoms with Crippen LogP contribution in [0.4, 0.5) is 4.39 Å². The fourth-order valence-corrected chi connectivity index (χ4v) is 3.88. The second-order valence-electron chi connectivity index (χ2n) is 7.23. The highest BCUT2D eigenvalue weighted by Gasteiger charge is 2.24. The molecule has 1 saturated heterocycles. The number of likely N-dealkylation sites (tertiary alicyclic amines) is 1. The van der Waals surface area contributed by atoms with Crippen molar-refractivity contribution in [3.63, 3.8) is 0 Å². The highest BCUT2D eigenvalue weighted by molar-refractivity contribution is 5.25. The van der Waals surface area contributed by atoms with Gasteiger partial charge in [-0.15, -0.1) is 0 Å². The average Bonchev–Trinajstić information content (AvgIpc) is 2.70. The van der Waals surface area contributed by atoms with Gasteiger partial charge in [-0.3, -0.25) is 14.9 Å². The van der Waals surface area contributed by atoms with E-state index in [-0.39, 0.29) is 5.82 Å². The van der Waals surface area contributed by atoms with Crippen LogP contribution in [-0.2, 0) is 13.0 Å². The van der Waals surface area contributed by atoms with E-state index >= 15 is 0 Å². The van der Waals surface area contributed by atoms with Crippen LogP contribution in [0.5, 0.6) is 0 Å². The number of aromatic nitrogens is 2. The molecule has 3 nitrogen and oxygen atoms in total. The molecule has 0 amide bonds. The molecule has 0 aliphatic carbocycles. The number of nitrogens with zero attached hydrogens (tertiary/aromatic N) is 3. The molecule has 1 aromatic carbocycles. The second-order valence-corrected chi connectivity index (χ2v) is 7.23. The van der Waals surface area contributed by atoms with Gasteiger partial charge in [-0.05, 0) is 60.3 Å². The maximum Gasteiger partial charge on any atom is 0.123 e. The molecule has 0 saturated carbocycles. The van der Waals surface area contributed by atoms with Crippen molar-refractivity contribution in [1.82, 2.24) is 14.9 Å². The van der Waals surface area contributed by atoms with Gasteiger partial charge in [-0.1, -0.05) is 30.7 Å². The minimum absolute atomic E-state index is 0.197. The maximum absolute atomic E-state index is 13.4. The summed E-state index contributed by atoms with van der Waals surface area (Å²) in [6.07, 6.45) is 10.1. The molecule has 1 fully saturated rings. The molecule has 0 radical (unpaired) electrons. The van der Waals surface area contributed by atoms with Crippen molar-refractivity contribution in [3.05, 3.63) is 95.3 Å². The van der Waals surface area contributed by atoms with Crippen LogP contribution in [0.15, 0.2) is 67.1 Å². The number of benzene rings is 1. The molecular formula is C23H24FN3. The number of piperidine rings is 1. The summed E-state index contributed by atoms with van der Waals surface area (Å²) in [6.45, 7) is 2.02. The molecule has 1 aliphatic rings. The van der Waals surface area contributed by atoms with Crippen molar-refractivity contribution in [2.75, 3.05) is 6.54 Å². The molecule has 138 valence electrons. The smallest absolute Gasteiger partial charge is 0.123 e. The first kappa shape index (κ1) is 17.8. The van der Waals surface area contributed by atoms with Crippen LogP contribution in [0.1, 0.15) is 47.7 Å². The van der Waals surface area contributed by atoms with Crippen LogP contribution < -0.4 is 0 Å². The molecule has 4 heteroatoms. The zero-order valence-corrected chi connectivity index (χ0v) is 15.4. The molecule has 3 aromatic rings. The maximum atomic E-state index is 13.4. The van der Waals surface area contributed by atoms with E-state index in [1.165, 1.54) is 30.0 Å². The van der Waals surface area contributed by atoms with E-state index in [0.717, 1.165) is 30.8 Å². The Hall–Kier alpha value is -2.59. The molecule has 0 spiro atoms. The number of hydrogen-bond donors (Lipinski definition) is 0. The van der Waals surface area contributed by atoms with Crippen LogP contribution in [0.2, 0.25) is 0 Å². The molecule has 27 heavy (non-hydrogen) atoms. The second kappa shape index (κ2) is 8.40. The number of rotatable bonds is 5. The number of hydrogen-bond acceptors (Lipinski definition) is 3. The monoisotopic (exact) mass is 361 g/mol. The lowest BCUT2D eigenvalue weighted by molar-refractivity contribution is 0.140. The van der Waals surface area contributed by atoms with E-state index in [9.17, 15) is 4.39 Å². The summed E-state index contributed by atoms with van der Waals surface area (Å²) in [4.78, 5) is 11.4. The molecule has 3 heterocycles. The quantitative estimate of drug-likeness (QED) is 0.645. The van der Waals surface area contributed by atoms with Gasteiger partial charge < -0.3 is 0 Å². The van der Waals surface area contributed by atoms with Crippen LogP contribution in [-0.4, -0.2) is 21.4 Å². The zero-order chi connectivity index (χ0) is 18.5. The van der Waals surface area contributed by atoms with E-state index in [4.69, 9.17) is 0 Å². The van der Waals surface area contributed by atoms with Crippen molar-refractivity contribution in [3.8, 4) is 0 Å². The summed E-state index contributed by atoms with van der Waals surface area (Å²) in [5.74, 6) is -0.197. The molecule has 1 atom stereocenters. The van der Waals surface area contributed by atoms with Gasteiger partial charge in [0, 0.05) is 43.3 Å². The van der Waals surface area contributed by atoms with E-state index < -0.39 is 0 Å². The fourth-order valence-electron chi connectivity index (χ4n) is 3.88. The third-order valence-electron chi connectivity index (χ3n) is 5.23. The Morgan fingerprint density at radius 3 is 2.70 bits per heavy atom. The topological polar surface area (TPSA) is 29.0 Å². The van der Waals surface area contributed by atoms with Gasteiger partial charge in [-0.2, -0.15) is 0 Å². The third-order valence-corrected chi connectivity index (χ3v) is 5.23. The largest absolute Gasteiger partial charge is 0.292 e. The first-order chi connectivity index (χ1) is 13.3. The Bertz CT molecular complexity index is 864. The Morgan fingerprint density at radius 1 is 1.00 bits per heavy atom. The Labute approximate surface area is 159 Å². The molecule has 4 rings (SSSR count). The van der Waals surface area contributed by atoms with Gasteiger partial charge in [0.25, 0.3) is 0 Å². The standard InChI is InChI=1S/C23H24FN3/c24-21-7-3-5-18(13-21)14-22-10-9-20(16-26-22)23-8-1-2-12-27(23)17-19-6-4-11-25-15-19/h3-7,9-11,13,15-16,23H,1-2,8,12,14,17H2. The minimum atomic E-state index is -0.197. The normalized spacial score (nSPS) is 17.7. The zero-order valence-electron chi connectivity index (χ0n) is 15.4. The number of pyridine rings is 2. The summed E-state index contributed by atoms with van der Waals surface area (Å²) in [7, 11) is 0. The van der Waals surface area contributed by atoms with Gasteiger partial charge >= 0.3 is 0 Å². The minimum Gasteiger partial charge on any atom is -0.292 e. The molecule has 2 aromatic heterocycles. The highest BCUT2D eigenvalue weighted by atomic mass is 19.1. The Kier molecular flexibility index (Phi) is 5.54. The summed E-state index contributed by atoms with van der Waals surface area (Å²) in [5.41, 5.74) is 4.44. The van der Waals surface area contributed by atoms with E-state index in [2.05, 4.69) is 33.1 Å². The predicted octanol–water partition coefficient (Wildman–Crippen LogP) is 4.93. The van der Waals surface area contributed by atoms with Gasteiger partial charge in [-0.25, -0.2) is 4.39 Å². The molecule has 1 unspecified atom stereocenters. The first-order valence-electron chi connectivity index (χ1n) is 9.60. The fraction of sp³-hybridized carbons (Fsp3) is 0.304. The summed E-state index contributed by atoms with van der Waals surface area (Å²) < 4.78 is 13.4. The van der Waals surface area contributed by atoms with E-state index in [0.29, 0.717) is 12.5 Å². The van der Waals surface area contributed by atoms with Gasteiger partial charge in [0.2, 0.25) is 0 Å². The van der Waals surface area contributed by atoms with Crippen LogP contribution in [0, 0.1) is 5.82 Å². The summed E-state index contributed by atoms with van der Waals surface area (Å²) >= 11 is 0. The first-order valence-corrected chi connectivity index (χ1v) is 9.60. The summed E-state index contributed by atoms with van der Waals surface area (Å²) in [6, 6.07) is 15.5. The lowest BCUT2D eigenvalue weighted by Crippen LogP contribution is -2.33. The van der Waals surface area contributed by atoms with Gasteiger partial charge in [0.05, 0.1) is 0 Å². The third kappa shape index (κ3) is 4.58. The van der Waals surface area contributed by atoms with Crippen molar-refractivity contribution in [1.29, 1.82) is 0 Å². The van der Waals surface area contributed by atoms with Crippen LogP contribution in [0.3, 0.4) is 0 Å². The Morgan fingerprint density at radius 2 is 1.93 bits per heavy atom. The SMILES string of the molecule is Fc1cccc(Cc2ccc(C3CCCCN3Cc3cccnc3)cn2)c1. The molecule has 0 N–H and O–H groups in total. The predicted molar refractivity (Wildman–Crippen MR) is 105 cm³/mol. The van der Waals surface area contributed by atoms with Crippen molar-refractivity contribution in [2.24, 2.45) is 0 Å². The Balaban J connectivity index is 1.47. The molecular weight excluding hydrogens is 337 g/mol. The van der Waals surface area contributed by atoms with Gasteiger partial charge in [0.15, 0.2) is 0 Å². The van der Waals surface area contributed by atoms with E-state index in [1.54, 1.807) is 12.1 Å². The lowest BCUT2D eigenvalue weighted by Gasteiger charge is -2.36. The van der Waals surface area contributed by atoms with Gasteiger partial charge in [0.1, 0.15) is 5.82 Å². The van der Waals surface area contributed by atoms with E-state index in [1.807, 2.05) is 30.7 Å². The van der Waals surface area contributed by atoms with Crippen molar-refractivity contribution >= 4 is 0 Å².